The van der Waals surface area contributed by atoms with Gasteiger partial charge in [-0.05, 0) is 26.8 Å². The molecular weight excluding hydrogens is 222 g/mol. The predicted molar refractivity (Wildman–Crippen MR) is 65.8 cm³/mol. The van der Waals surface area contributed by atoms with Gasteiger partial charge in [-0.1, -0.05) is 18.2 Å². The van der Waals surface area contributed by atoms with Crippen LogP contribution in [0.4, 0.5) is 0 Å². The molecule has 16 heavy (non-hydrogen) atoms. The van der Waals surface area contributed by atoms with Gasteiger partial charge in [-0.3, -0.25) is 5.14 Å². The smallest absolute Gasteiger partial charge is 0.193 e. The second-order valence-corrected chi connectivity index (χ2v) is 4.18. The van der Waals surface area contributed by atoms with Crippen LogP contribution in [0.3, 0.4) is 0 Å². The Hall–Kier alpha value is -0.550. The molecule has 3 N–H and O–H groups in total. The van der Waals surface area contributed by atoms with E-state index in [0.717, 1.165) is 10.5 Å². The van der Waals surface area contributed by atoms with Crippen LogP contribution in [0.25, 0.3) is 0 Å². The quantitative estimate of drug-likeness (QED) is 0.614. The highest BCUT2D eigenvalue weighted by molar-refractivity contribution is 7.92. The summed E-state index contributed by atoms with van der Waals surface area (Å²) in [4.78, 5) is 1.09. The molecule has 0 heterocycles. The number of benzene rings is 1. The van der Waals surface area contributed by atoms with E-state index in [0.29, 0.717) is 13.2 Å². The van der Waals surface area contributed by atoms with Crippen molar-refractivity contribution in [1.82, 2.24) is 0 Å². The summed E-state index contributed by atoms with van der Waals surface area (Å²) >= 11 is 1.46. The minimum absolute atomic E-state index is 0.618. The van der Waals surface area contributed by atoms with Gasteiger partial charge in [0.25, 0.3) is 0 Å². The molecule has 0 fully saturated rings. The van der Waals surface area contributed by atoms with Crippen LogP contribution in [-0.4, -0.2) is 13.2 Å². The van der Waals surface area contributed by atoms with E-state index in [9.17, 15) is 0 Å². The lowest BCUT2D eigenvalue weighted by Gasteiger charge is -2.30. The predicted octanol–water partition coefficient (Wildman–Crippen LogP) is 2.18. The maximum Gasteiger partial charge on any atom is 0.193 e. The van der Waals surface area contributed by atoms with Crippen LogP contribution in [0, 0.1) is 0 Å². The summed E-state index contributed by atoms with van der Waals surface area (Å²) in [6.07, 6.45) is 0. The summed E-state index contributed by atoms with van der Waals surface area (Å²) < 4.78 is 11.5. The summed E-state index contributed by atoms with van der Waals surface area (Å²) in [5, 5.41) is 3.86. The number of quaternary nitrogens is 1. The zero-order valence-electron chi connectivity index (χ0n) is 10.2. The Morgan fingerprint density at radius 2 is 1.75 bits per heavy atom. The van der Waals surface area contributed by atoms with Crippen molar-refractivity contribution in [3.8, 4) is 0 Å². The standard InChI is InChI=1S/C12H19NO2S/c1-4-14-12(3,15-5-2)10-8-6-7-9-11(10)16-13/h6-9H,4-5,13H2,1-3H3/p+1. The highest BCUT2D eigenvalue weighted by Crippen LogP contribution is 2.32. The molecule has 0 aliphatic rings. The van der Waals surface area contributed by atoms with E-state index in [1.807, 2.05) is 45.0 Å². The monoisotopic (exact) mass is 242 g/mol. The number of rotatable bonds is 6. The van der Waals surface area contributed by atoms with E-state index in [4.69, 9.17) is 9.47 Å². The minimum atomic E-state index is -0.676. The molecule has 0 amide bonds. The summed E-state index contributed by atoms with van der Waals surface area (Å²) in [7, 11) is 0. The van der Waals surface area contributed by atoms with Crippen molar-refractivity contribution < 1.29 is 14.6 Å². The molecule has 4 heteroatoms. The molecule has 90 valence electrons. The highest BCUT2D eigenvalue weighted by atomic mass is 32.2. The van der Waals surface area contributed by atoms with Gasteiger partial charge in [0.1, 0.15) is 11.9 Å². The SMILES string of the molecule is CCOC(C)(OCC)c1ccccc1S[NH3+]. The van der Waals surface area contributed by atoms with Crippen molar-refractivity contribution in [2.24, 2.45) is 0 Å². The van der Waals surface area contributed by atoms with Crippen molar-refractivity contribution in [2.45, 2.75) is 31.5 Å². The molecule has 0 bridgehead atoms. The van der Waals surface area contributed by atoms with E-state index in [-0.39, 0.29) is 0 Å². The maximum absolute atomic E-state index is 5.74. The zero-order chi connectivity index (χ0) is 12.0. The summed E-state index contributed by atoms with van der Waals surface area (Å²) in [5.41, 5.74) is 1.04. The molecule has 1 aromatic carbocycles. The Morgan fingerprint density at radius 3 is 2.25 bits per heavy atom. The zero-order valence-corrected chi connectivity index (χ0v) is 11.0. The second-order valence-electron chi connectivity index (χ2n) is 3.45. The number of hydrogen-bond acceptors (Lipinski definition) is 3. The van der Waals surface area contributed by atoms with Gasteiger partial charge in [-0.15, -0.1) is 0 Å². The van der Waals surface area contributed by atoms with Crippen molar-refractivity contribution in [3.63, 3.8) is 0 Å². The fourth-order valence-corrected chi connectivity index (χ4v) is 2.30. The number of ether oxygens (including phenoxy) is 2. The topological polar surface area (TPSA) is 46.1 Å². The van der Waals surface area contributed by atoms with Crippen LogP contribution in [0.15, 0.2) is 29.2 Å². The van der Waals surface area contributed by atoms with Crippen molar-refractivity contribution in [2.75, 3.05) is 13.2 Å². The lowest BCUT2D eigenvalue weighted by atomic mass is 10.1. The van der Waals surface area contributed by atoms with Gasteiger partial charge in [-0.2, -0.15) is 0 Å². The molecule has 0 aliphatic heterocycles. The van der Waals surface area contributed by atoms with Crippen molar-refractivity contribution in [3.05, 3.63) is 29.8 Å². The first-order valence-electron chi connectivity index (χ1n) is 5.47. The van der Waals surface area contributed by atoms with Crippen molar-refractivity contribution >= 4 is 11.9 Å². The fourth-order valence-electron chi connectivity index (χ4n) is 1.72. The Labute approximate surface area is 101 Å². The average Bonchev–Trinajstić information content (AvgIpc) is 2.29. The summed E-state index contributed by atoms with van der Waals surface area (Å²) in [6, 6.07) is 8.04. The number of hydrogen-bond donors (Lipinski definition) is 1. The highest BCUT2D eigenvalue weighted by Gasteiger charge is 2.30. The molecule has 0 saturated carbocycles. The largest absolute Gasteiger partial charge is 0.346 e. The Morgan fingerprint density at radius 1 is 1.19 bits per heavy atom. The lowest BCUT2D eigenvalue weighted by molar-refractivity contribution is -0.231. The van der Waals surface area contributed by atoms with E-state index in [2.05, 4.69) is 5.14 Å². The Balaban J connectivity index is 3.09. The van der Waals surface area contributed by atoms with Gasteiger partial charge in [0.2, 0.25) is 0 Å². The van der Waals surface area contributed by atoms with Gasteiger partial charge in [0.05, 0.1) is 4.90 Å². The van der Waals surface area contributed by atoms with Crippen LogP contribution in [0.2, 0.25) is 0 Å². The Kier molecular flexibility index (Phi) is 5.28. The van der Waals surface area contributed by atoms with Crippen molar-refractivity contribution in [1.29, 1.82) is 0 Å². The van der Waals surface area contributed by atoms with E-state index >= 15 is 0 Å². The van der Waals surface area contributed by atoms with Gasteiger partial charge in [-0.25, -0.2) is 0 Å². The molecule has 0 atom stereocenters. The van der Waals surface area contributed by atoms with Gasteiger partial charge >= 0.3 is 0 Å². The molecule has 0 spiro atoms. The summed E-state index contributed by atoms with van der Waals surface area (Å²) in [6.45, 7) is 7.13. The van der Waals surface area contributed by atoms with Crippen LogP contribution in [0.5, 0.6) is 0 Å². The van der Waals surface area contributed by atoms with Crippen LogP contribution in [-0.2, 0) is 15.3 Å². The van der Waals surface area contributed by atoms with Crippen LogP contribution < -0.4 is 5.14 Å². The first-order valence-corrected chi connectivity index (χ1v) is 6.46. The van der Waals surface area contributed by atoms with Gasteiger partial charge < -0.3 is 9.47 Å². The third-order valence-electron chi connectivity index (χ3n) is 2.37. The van der Waals surface area contributed by atoms with Crippen LogP contribution >= 0.6 is 11.9 Å². The van der Waals surface area contributed by atoms with Crippen LogP contribution in [0.1, 0.15) is 26.3 Å². The molecule has 0 radical (unpaired) electrons. The molecule has 0 unspecified atom stereocenters. The first kappa shape index (κ1) is 13.5. The second kappa shape index (κ2) is 6.25. The van der Waals surface area contributed by atoms with Gasteiger partial charge in [0, 0.05) is 18.8 Å². The molecule has 0 aromatic heterocycles. The molecule has 1 rings (SSSR count). The molecule has 0 saturated heterocycles. The third-order valence-corrected chi connectivity index (χ3v) is 3.04. The first-order chi connectivity index (χ1) is 7.68. The molecule has 0 aliphatic carbocycles. The molecular formula is C12H20NO2S+. The normalized spacial score (nSPS) is 11.8. The molecule has 1 aromatic rings. The van der Waals surface area contributed by atoms with E-state index in [1.54, 1.807) is 0 Å². The average molecular weight is 242 g/mol. The third kappa shape index (κ3) is 2.98. The Bertz CT molecular complexity index is 325. The fraction of sp³-hybridized carbons (Fsp3) is 0.500. The lowest BCUT2D eigenvalue weighted by Crippen LogP contribution is -2.38. The summed E-state index contributed by atoms with van der Waals surface area (Å²) in [5.74, 6) is -0.676. The molecule has 3 nitrogen and oxygen atoms in total. The maximum atomic E-state index is 5.74. The van der Waals surface area contributed by atoms with E-state index < -0.39 is 5.79 Å². The van der Waals surface area contributed by atoms with E-state index in [1.165, 1.54) is 11.9 Å². The minimum Gasteiger partial charge on any atom is -0.346 e. The van der Waals surface area contributed by atoms with Gasteiger partial charge in [0.15, 0.2) is 5.79 Å².